The Morgan fingerprint density at radius 3 is 2.52 bits per heavy atom. The van der Waals surface area contributed by atoms with Crippen LogP contribution in [0.15, 0.2) is 40.2 Å². The van der Waals surface area contributed by atoms with Crippen molar-refractivity contribution >= 4 is 27.5 Å². The molecule has 3 aromatic heterocycles. The minimum atomic E-state index is -1.12. The highest BCUT2D eigenvalue weighted by Gasteiger charge is 2.30. The van der Waals surface area contributed by atoms with Crippen LogP contribution in [-0.4, -0.2) is 61.7 Å². The van der Waals surface area contributed by atoms with Crippen molar-refractivity contribution in [2.24, 2.45) is 0 Å². The third-order valence-electron chi connectivity index (χ3n) is 7.11. The van der Waals surface area contributed by atoms with Crippen molar-refractivity contribution in [3.63, 3.8) is 0 Å². The molecule has 0 spiro atoms. The van der Waals surface area contributed by atoms with Gasteiger partial charge < -0.3 is 14.4 Å². The van der Waals surface area contributed by atoms with Crippen LogP contribution in [0.2, 0.25) is 0 Å². The number of carbonyl (C=O) groups excluding carboxylic acids is 1. The first-order chi connectivity index (χ1) is 20.0. The van der Waals surface area contributed by atoms with E-state index in [1.165, 1.54) is 58.9 Å². The molecule has 0 N–H and O–H groups in total. The highest BCUT2D eigenvalue weighted by Crippen LogP contribution is 2.34. The lowest BCUT2D eigenvalue weighted by atomic mass is 10.1. The Balaban J connectivity index is 2.00. The number of amides is 1. The number of benzene rings is 1. The second kappa shape index (κ2) is 12.7. The molecular weight excluding hydrogens is 565 g/mol. The van der Waals surface area contributed by atoms with E-state index < -0.39 is 35.1 Å². The average Bonchev–Trinajstić information content (AvgIpc) is 3.61. The summed E-state index contributed by atoms with van der Waals surface area (Å²) in [5.74, 6) is -0.635. The van der Waals surface area contributed by atoms with Crippen molar-refractivity contribution in [2.75, 3.05) is 20.8 Å². The van der Waals surface area contributed by atoms with Gasteiger partial charge in [-0.1, -0.05) is 11.3 Å². The number of fused-ring (bicyclic) bond motifs is 1. The summed E-state index contributed by atoms with van der Waals surface area (Å²) in [7, 11) is 3.04. The van der Waals surface area contributed by atoms with Gasteiger partial charge in [0.15, 0.2) is 0 Å². The number of rotatable bonds is 11. The number of hydrogen-bond donors (Lipinski definition) is 0. The van der Waals surface area contributed by atoms with Gasteiger partial charge in [-0.3, -0.25) is 14.2 Å². The Hall–Kier alpha value is -4.35. The number of hydrogen-bond acceptors (Lipinski definition) is 9. The normalized spacial score (nSPS) is 12.8. The summed E-state index contributed by atoms with van der Waals surface area (Å²) in [5.41, 5.74) is -0.516. The van der Waals surface area contributed by atoms with Crippen molar-refractivity contribution in [1.82, 2.24) is 29.0 Å². The molecule has 222 valence electrons. The molecule has 0 aliphatic heterocycles. The first kappa shape index (κ1) is 30.6. The van der Waals surface area contributed by atoms with Crippen LogP contribution >= 0.6 is 11.3 Å². The van der Waals surface area contributed by atoms with Crippen molar-refractivity contribution in [1.29, 1.82) is 5.26 Å². The molecule has 0 saturated carbocycles. The van der Waals surface area contributed by atoms with E-state index in [-0.39, 0.29) is 31.0 Å². The van der Waals surface area contributed by atoms with E-state index in [1.807, 2.05) is 19.9 Å². The van der Waals surface area contributed by atoms with Crippen LogP contribution in [0, 0.1) is 24.1 Å². The Morgan fingerprint density at radius 1 is 1.21 bits per heavy atom. The summed E-state index contributed by atoms with van der Waals surface area (Å²) in [6, 6.07) is 4.65. The number of nitrogens with zero attached hydrogens (tertiary/aromatic N) is 7. The fourth-order valence-corrected chi connectivity index (χ4v) is 5.86. The van der Waals surface area contributed by atoms with E-state index in [9.17, 15) is 18.8 Å². The molecule has 12 nitrogen and oxygen atoms in total. The number of methoxy groups -OCH3 is 1. The van der Waals surface area contributed by atoms with E-state index in [0.717, 1.165) is 15.9 Å². The summed E-state index contributed by atoms with van der Waals surface area (Å²) in [4.78, 5) is 44.6. The minimum Gasteiger partial charge on any atom is -0.496 e. The molecule has 3 heterocycles. The SMILES string of the molecule is COc1ccc(F)cc1[C@H](Cn1c(=O)n([C@@H](C)C(=O)N(C)C(C)C)c(=O)c2c(C)c(-n3nccn3)sc21)OCCC#N. The fourth-order valence-electron chi connectivity index (χ4n) is 4.64. The quantitative estimate of drug-likeness (QED) is 0.240. The number of aromatic nitrogens is 5. The molecule has 1 amide bonds. The van der Waals surface area contributed by atoms with Gasteiger partial charge in [0, 0.05) is 24.2 Å². The predicted molar refractivity (Wildman–Crippen MR) is 154 cm³/mol. The lowest BCUT2D eigenvalue weighted by Crippen LogP contribution is -2.47. The number of carbonyl (C=O) groups is 1. The highest BCUT2D eigenvalue weighted by atomic mass is 32.1. The van der Waals surface area contributed by atoms with E-state index in [0.29, 0.717) is 26.7 Å². The van der Waals surface area contributed by atoms with Crippen LogP contribution in [-0.2, 0) is 16.1 Å². The maximum Gasteiger partial charge on any atom is 0.332 e. The number of thiophene rings is 1. The van der Waals surface area contributed by atoms with Crippen LogP contribution in [0.1, 0.15) is 50.5 Å². The highest BCUT2D eigenvalue weighted by molar-refractivity contribution is 7.21. The summed E-state index contributed by atoms with van der Waals surface area (Å²) in [6.07, 6.45) is 2.09. The summed E-state index contributed by atoms with van der Waals surface area (Å²) >= 11 is 1.13. The summed E-state index contributed by atoms with van der Waals surface area (Å²) in [6.45, 7) is 6.72. The zero-order valence-electron chi connectivity index (χ0n) is 24.2. The van der Waals surface area contributed by atoms with Crippen LogP contribution in [0.5, 0.6) is 5.75 Å². The molecule has 2 atom stereocenters. The zero-order valence-corrected chi connectivity index (χ0v) is 25.0. The maximum absolute atomic E-state index is 14.4. The average molecular weight is 598 g/mol. The lowest BCUT2D eigenvalue weighted by molar-refractivity contribution is -0.134. The second-order valence-corrected chi connectivity index (χ2v) is 10.9. The molecule has 0 unspecified atom stereocenters. The van der Waals surface area contributed by atoms with Crippen LogP contribution in [0.4, 0.5) is 4.39 Å². The van der Waals surface area contributed by atoms with Gasteiger partial charge in [-0.25, -0.2) is 13.8 Å². The Bertz CT molecular complexity index is 1750. The number of aryl methyl sites for hydroxylation is 1. The standard InChI is InChI=1S/C28H32FN7O5S/c1-16(2)33(5)24(37)18(4)35-25(38)23-17(3)26(36-31-11-12-32-36)42-27(23)34(28(35)39)15-22(41-13-7-10-30)20-14-19(29)8-9-21(20)40-6/h8-9,11-12,14,16,18,22H,7,13,15H2,1-6H3/t18-,22-/m0/s1. The molecule has 0 saturated heterocycles. The zero-order chi connectivity index (χ0) is 30.7. The van der Waals surface area contributed by atoms with Gasteiger partial charge in [-0.15, -0.1) is 4.80 Å². The summed E-state index contributed by atoms with van der Waals surface area (Å²) < 4.78 is 28.2. The van der Waals surface area contributed by atoms with E-state index in [2.05, 4.69) is 10.2 Å². The van der Waals surface area contributed by atoms with E-state index in [1.54, 1.807) is 14.0 Å². The monoisotopic (exact) mass is 597 g/mol. The lowest BCUT2D eigenvalue weighted by Gasteiger charge is -2.27. The first-order valence-electron chi connectivity index (χ1n) is 13.3. The third kappa shape index (κ3) is 5.70. The van der Waals surface area contributed by atoms with Crippen LogP contribution in [0.25, 0.3) is 15.2 Å². The van der Waals surface area contributed by atoms with Gasteiger partial charge in [0.05, 0.1) is 50.5 Å². The molecule has 14 heteroatoms. The van der Waals surface area contributed by atoms with Crippen molar-refractivity contribution in [3.8, 4) is 16.8 Å². The Labute approximate surface area is 245 Å². The molecule has 4 rings (SSSR count). The molecule has 0 radical (unpaired) electrons. The molecule has 0 aliphatic rings. The van der Waals surface area contributed by atoms with Crippen LogP contribution < -0.4 is 16.0 Å². The van der Waals surface area contributed by atoms with Gasteiger partial charge in [-0.05, 0) is 45.9 Å². The topological polar surface area (TPSA) is 137 Å². The van der Waals surface area contributed by atoms with Crippen molar-refractivity contribution < 1.29 is 18.7 Å². The molecule has 42 heavy (non-hydrogen) atoms. The summed E-state index contributed by atoms with van der Waals surface area (Å²) in [5, 5.41) is 18.2. The Kier molecular flexibility index (Phi) is 9.23. The number of likely N-dealkylation sites (N-methyl/N-ethyl adjacent to an activating group) is 1. The van der Waals surface area contributed by atoms with Gasteiger partial charge in [0.2, 0.25) is 5.91 Å². The minimum absolute atomic E-state index is 0.00162. The number of ether oxygens (including phenoxy) is 2. The van der Waals surface area contributed by atoms with Gasteiger partial charge in [0.1, 0.15) is 33.5 Å². The van der Waals surface area contributed by atoms with Gasteiger partial charge >= 0.3 is 5.69 Å². The largest absolute Gasteiger partial charge is 0.496 e. The third-order valence-corrected chi connectivity index (χ3v) is 8.39. The van der Waals surface area contributed by atoms with Crippen molar-refractivity contribution in [3.05, 3.63) is 68.4 Å². The fraction of sp³-hybridized carbons (Fsp3) is 0.429. The Morgan fingerprint density at radius 2 is 1.90 bits per heavy atom. The number of halogens is 1. The smallest absolute Gasteiger partial charge is 0.332 e. The van der Waals surface area contributed by atoms with Gasteiger partial charge in [0.25, 0.3) is 5.56 Å². The van der Waals surface area contributed by atoms with E-state index >= 15 is 0 Å². The molecule has 4 aromatic rings. The molecule has 0 bridgehead atoms. The van der Waals surface area contributed by atoms with Crippen LogP contribution in [0.3, 0.4) is 0 Å². The first-order valence-corrected chi connectivity index (χ1v) is 14.1. The van der Waals surface area contributed by atoms with Gasteiger partial charge in [-0.2, -0.15) is 15.5 Å². The maximum atomic E-state index is 14.4. The molecule has 0 aliphatic carbocycles. The molecular formula is C28H32FN7O5S. The number of nitriles is 1. The molecule has 0 fully saturated rings. The molecule has 1 aromatic carbocycles. The van der Waals surface area contributed by atoms with Crippen molar-refractivity contribution in [2.45, 2.75) is 58.8 Å². The second-order valence-electron chi connectivity index (χ2n) is 9.97. The predicted octanol–water partition coefficient (Wildman–Crippen LogP) is 3.36. The van der Waals surface area contributed by atoms with E-state index in [4.69, 9.17) is 14.7 Å².